The van der Waals surface area contributed by atoms with Gasteiger partial charge in [-0.2, -0.15) is 0 Å². The molecule has 7 nitrogen and oxygen atoms in total. The highest BCUT2D eigenvalue weighted by molar-refractivity contribution is 5.95. The first-order chi connectivity index (χ1) is 17.9. The lowest BCUT2D eigenvalue weighted by Crippen LogP contribution is -2.58. The summed E-state index contributed by atoms with van der Waals surface area (Å²) < 4.78 is 0. The normalized spacial score (nSPS) is 17.6. The standard InChI is InChI=1S/C30H29N5O2/c1-5-28(36)35-19(2)17-34(18-20(35)3)27-14-11-22(15-32-27)26-16-33-29-24(7-6-8-25(29)30(26)37)21-9-12-23(31-4)13-10-21/h6-16,19-20H,5,17-18H2,1-3H3,(H,33,37)/t19-,20+. The highest BCUT2D eigenvalue weighted by atomic mass is 16.2. The number of aromatic nitrogens is 2. The molecule has 4 aromatic rings. The van der Waals surface area contributed by atoms with E-state index in [1.54, 1.807) is 24.5 Å². The molecule has 0 spiro atoms. The summed E-state index contributed by atoms with van der Waals surface area (Å²) in [5.41, 5.74) is 4.45. The number of anilines is 1. The van der Waals surface area contributed by atoms with Crippen LogP contribution < -0.4 is 10.3 Å². The van der Waals surface area contributed by atoms with Crippen molar-refractivity contribution < 1.29 is 4.79 Å². The van der Waals surface area contributed by atoms with Crippen LogP contribution in [0.1, 0.15) is 27.2 Å². The molecule has 0 saturated carbocycles. The molecule has 2 aromatic carbocycles. The fraction of sp³-hybridized carbons (Fsp3) is 0.267. The number of para-hydroxylation sites is 1. The molecule has 7 heteroatoms. The highest BCUT2D eigenvalue weighted by Crippen LogP contribution is 2.29. The molecule has 3 heterocycles. The zero-order valence-electron chi connectivity index (χ0n) is 21.2. The summed E-state index contributed by atoms with van der Waals surface area (Å²) >= 11 is 0. The minimum absolute atomic E-state index is 0.0585. The van der Waals surface area contributed by atoms with Gasteiger partial charge in [-0.1, -0.05) is 43.3 Å². The Hall–Kier alpha value is -4.44. The van der Waals surface area contributed by atoms with E-state index >= 15 is 0 Å². The van der Waals surface area contributed by atoms with E-state index in [0.29, 0.717) is 23.1 Å². The third-order valence-electron chi connectivity index (χ3n) is 7.11. The highest BCUT2D eigenvalue weighted by Gasteiger charge is 2.32. The van der Waals surface area contributed by atoms with Gasteiger partial charge in [0.15, 0.2) is 11.1 Å². The number of rotatable bonds is 4. The molecule has 0 radical (unpaired) electrons. The maximum atomic E-state index is 13.5. The van der Waals surface area contributed by atoms with Gasteiger partial charge in [0.2, 0.25) is 5.91 Å². The zero-order valence-corrected chi connectivity index (χ0v) is 21.2. The Labute approximate surface area is 216 Å². The molecule has 1 aliphatic heterocycles. The molecule has 2 atom stereocenters. The number of pyridine rings is 2. The number of amides is 1. The van der Waals surface area contributed by atoms with Gasteiger partial charge in [0.1, 0.15) is 5.82 Å². The van der Waals surface area contributed by atoms with E-state index in [1.165, 1.54) is 0 Å². The maximum absolute atomic E-state index is 13.5. The van der Waals surface area contributed by atoms with Crippen LogP contribution in [-0.4, -0.2) is 45.9 Å². The average Bonchev–Trinajstić information content (AvgIpc) is 2.92. The summed E-state index contributed by atoms with van der Waals surface area (Å²) in [7, 11) is 0. The molecule has 1 N–H and O–H groups in total. The largest absolute Gasteiger partial charge is 0.360 e. The SMILES string of the molecule is [C-]#[N+]c1ccc(-c2cccc3c(=O)c(-c4ccc(N5C[C@@H](C)N(C(=O)CC)[C@@H](C)C5)nc4)c[nH]c23)cc1. The first-order valence-electron chi connectivity index (χ1n) is 12.6. The molecule has 1 fully saturated rings. The summed E-state index contributed by atoms with van der Waals surface area (Å²) in [6.45, 7) is 14.7. The van der Waals surface area contributed by atoms with Crippen LogP contribution in [0.5, 0.6) is 0 Å². The molecule has 1 amide bonds. The lowest BCUT2D eigenvalue weighted by Gasteiger charge is -2.45. The Morgan fingerprint density at radius 2 is 1.73 bits per heavy atom. The summed E-state index contributed by atoms with van der Waals surface area (Å²) in [4.78, 5) is 41.5. The lowest BCUT2D eigenvalue weighted by atomic mass is 9.99. The summed E-state index contributed by atoms with van der Waals surface area (Å²) in [6.07, 6.45) is 4.01. The van der Waals surface area contributed by atoms with E-state index in [9.17, 15) is 9.59 Å². The summed E-state index contributed by atoms with van der Waals surface area (Å²) in [6, 6.07) is 17.1. The maximum Gasteiger partial charge on any atom is 0.222 e. The number of aromatic amines is 1. The van der Waals surface area contributed by atoms with Crippen LogP contribution in [0, 0.1) is 6.57 Å². The second-order valence-corrected chi connectivity index (χ2v) is 9.58. The third kappa shape index (κ3) is 4.47. The number of benzene rings is 2. The first kappa shape index (κ1) is 24.3. The van der Waals surface area contributed by atoms with E-state index in [4.69, 9.17) is 6.57 Å². The van der Waals surface area contributed by atoms with E-state index in [1.807, 2.05) is 54.3 Å². The van der Waals surface area contributed by atoms with Crippen LogP contribution in [0.4, 0.5) is 11.5 Å². The Morgan fingerprint density at radius 3 is 2.35 bits per heavy atom. The third-order valence-corrected chi connectivity index (χ3v) is 7.11. The molecule has 0 unspecified atom stereocenters. The topological polar surface area (TPSA) is 73.7 Å². The molecule has 5 rings (SSSR count). The van der Waals surface area contributed by atoms with Gasteiger partial charge in [-0.3, -0.25) is 9.59 Å². The van der Waals surface area contributed by atoms with Gasteiger partial charge in [0.25, 0.3) is 0 Å². The van der Waals surface area contributed by atoms with Crippen molar-refractivity contribution in [2.75, 3.05) is 18.0 Å². The van der Waals surface area contributed by atoms with Crippen molar-refractivity contribution in [2.24, 2.45) is 0 Å². The van der Waals surface area contributed by atoms with Crippen LogP contribution in [0.25, 0.3) is 38.0 Å². The predicted octanol–water partition coefficient (Wildman–Crippen LogP) is 5.64. The van der Waals surface area contributed by atoms with Gasteiger partial charge in [-0.05, 0) is 37.6 Å². The van der Waals surface area contributed by atoms with Crippen LogP contribution in [0.3, 0.4) is 0 Å². The van der Waals surface area contributed by atoms with E-state index < -0.39 is 0 Å². The quantitative estimate of drug-likeness (QED) is 0.375. The second-order valence-electron chi connectivity index (χ2n) is 9.58. The molecular formula is C30H29N5O2. The molecule has 0 bridgehead atoms. The van der Waals surface area contributed by atoms with Gasteiger partial charge in [-0.15, -0.1) is 0 Å². The van der Waals surface area contributed by atoms with Crippen molar-refractivity contribution in [3.05, 3.63) is 88.6 Å². The van der Waals surface area contributed by atoms with Gasteiger partial charge in [0, 0.05) is 66.1 Å². The van der Waals surface area contributed by atoms with Crippen molar-refractivity contribution in [2.45, 2.75) is 39.3 Å². The van der Waals surface area contributed by atoms with Crippen molar-refractivity contribution in [1.82, 2.24) is 14.9 Å². The Morgan fingerprint density at radius 1 is 1.03 bits per heavy atom. The second kappa shape index (κ2) is 9.90. The minimum Gasteiger partial charge on any atom is -0.360 e. The molecule has 186 valence electrons. The van der Waals surface area contributed by atoms with Crippen LogP contribution >= 0.6 is 0 Å². The minimum atomic E-state index is -0.0585. The number of fused-ring (bicyclic) bond motifs is 1. The fourth-order valence-corrected chi connectivity index (χ4v) is 5.34. The number of carbonyl (C=O) groups excluding carboxylic acids is 1. The Bertz CT molecular complexity index is 1540. The molecule has 0 aliphatic carbocycles. The Balaban J connectivity index is 1.43. The van der Waals surface area contributed by atoms with Crippen molar-refractivity contribution >= 4 is 28.3 Å². The molecule has 2 aromatic heterocycles. The summed E-state index contributed by atoms with van der Waals surface area (Å²) in [5, 5.41) is 0.604. The van der Waals surface area contributed by atoms with Crippen molar-refractivity contribution in [3.63, 3.8) is 0 Å². The first-order valence-corrected chi connectivity index (χ1v) is 12.6. The molecule has 37 heavy (non-hydrogen) atoms. The number of hydrogen-bond donors (Lipinski definition) is 1. The number of H-pyrrole nitrogens is 1. The van der Waals surface area contributed by atoms with Crippen molar-refractivity contribution in [3.8, 4) is 22.3 Å². The van der Waals surface area contributed by atoms with Gasteiger partial charge in [-0.25, -0.2) is 9.83 Å². The number of hydrogen-bond acceptors (Lipinski definition) is 4. The van der Waals surface area contributed by atoms with E-state index in [2.05, 4.69) is 33.6 Å². The number of carbonyl (C=O) groups is 1. The number of nitrogens with zero attached hydrogens (tertiary/aromatic N) is 4. The van der Waals surface area contributed by atoms with E-state index in [0.717, 1.165) is 41.1 Å². The zero-order chi connectivity index (χ0) is 26.1. The van der Waals surface area contributed by atoms with Crippen LogP contribution in [0.15, 0.2) is 71.8 Å². The average molecular weight is 492 g/mol. The summed E-state index contributed by atoms with van der Waals surface area (Å²) in [5.74, 6) is 1.02. The number of nitrogens with one attached hydrogen (secondary N) is 1. The van der Waals surface area contributed by atoms with Gasteiger partial charge in [0.05, 0.1) is 12.1 Å². The monoisotopic (exact) mass is 491 g/mol. The van der Waals surface area contributed by atoms with Crippen LogP contribution in [-0.2, 0) is 4.79 Å². The van der Waals surface area contributed by atoms with E-state index in [-0.39, 0.29) is 23.4 Å². The Kier molecular flexibility index (Phi) is 6.49. The van der Waals surface area contributed by atoms with Crippen molar-refractivity contribution in [1.29, 1.82) is 0 Å². The van der Waals surface area contributed by atoms with Crippen LogP contribution in [0.2, 0.25) is 0 Å². The molecule has 1 aliphatic rings. The number of piperazine rings is 1. The van der Waals surface area contributed by atoms with Gasteiger partial charge < -0.3 is 14.8 Å². The molecular weight excluding hydrogens is 462 g/mol. The predicted molar refractivity (Wildman–Crippen MR) is 148 cm³/mol. The smallest absolute Gasteiger partial charge is 0.222 e. The van der Waals surface area contributed by atoms with Gasteiger partial charge >= 0.3 is 0 Å². The lowest BCUT2D eigenvalue weighted by molar-refractivity contribution is -0.135. The fourth-order valence-electron chi connectivity index (χ4n) is 5.34. The molecule has 1 saturated heterocycles.